The summed E-state index contributed by atoms with van der Waals surface area (Å²) in [6.07, 6.45) is 1.05. The third-order valence-electron chi connectivity index (χ3n) is 5.44. The third-order valence-corrected chi connectivity index (χ3v) is 5.44. The van der Waals surface area contributed by atoms with E-state index in [-0.39, 0.29) is 19.5 Å². The van der Waals surface area contributed by atoms with Crippen molar-refractivity contribution in [3.8, 4) is 23.0 Å². The summed E-state index contributed by atoms with van der Waals surface area (Å²) in [6.45, 7) is 1.54. The first kappa shape index (κ1) is 19.3. The Balaban J connectivity index is 1.30. The van der Waals surface area contributed by atoms with Crippen molar-refractivity contribution in [1.29, 1.82) is 0 Å². The Hall–Kier alpha value is -3.67. The van der Waals surface area contributed by atoms with Crippen molar-refractivity contribution >= 4 is 5.91 Å². The molecule has 6 nitrogen and oxygen atoms in total. The van der Waals surface area contributed by atoms with E-state index in [1.807, 2.05) is 71.6 Å². The maximum atomic E-state index is 13.2. The molecule has 0 spiro atoms. The molecule has 3 aromatic rings. The minimum Gasteiger partial charge on any atom is -0.454 e. The zero-order valence-corrected chi connectivity index (χ0v) is 17.1. The summed E-state index contributed by atoms with van der Waals surface area (Å²) < 4.78 is 21.7. The van der Waals surface area contributed by atoms with Crippen LogP contribution in [-0.2, 0) is 24.3 Å². The fourth-order valence-corrected chi connectivity index (χ4v) is 3.80. The van der Waals surface area contributed by atoms with Crippen LogP contribution in [0, 0.1) is 0 Å². The van der Waals surface area contributed by atoms with Crippen molar-refractivity contribution in [2.24, 2.45) is 0 Å². The van der Waals surface area contributed by atoms with Gasteiger partial charge in [-0.25, -0.2) is 0 Å². The number of amides is 1. The van der Waals surface area contributed by atoms with E-state index >= 15 is 0 Å². The SMILES string of the molecule is O=C(CCc1ccc2c(c1)OCO2)N(Cc1ccccc1)Cc1ccc2c(c1)OCO2. The Morgan fingerprint density at radius 1 is 0.677 bits per heavy atom. The number of hydrogen-bond donors (Lipinski definition) is 0. The Kier molecular flexibility index (Phi) is 5.35. The van der Waals surface area contributed by atoms with Crippen molar-refractivity contribution in [2.45, 2.75) is 25.9 Å². The summed E-state index contributed by atoms with van der Waals surface area (Å²) in [4.78, 5) is 15.1. The number of aryl methyl sites for hydroxylation is 1. The number of carbonyl (C=O) groups is 1. The molecule has 5 rings (SSSR count). The molecule has 0 aromatic heterocycles. The monoisotopic (exact) mass is 417 g/mol. The second-order valence-corrected chi connectivity index (χ2v) is 7.61. The third kappa shape index (κ3) is 4.43. The first-order valence-corrected chi connectivity index (χ1v) is 10.3. The van der Waals surface area contributed by atoms with Gasteiger partial charge in [-0.05, 0) is 47.4 Å². The van der Waals surface area contributed by atoms with Crippen molar-refractivity contribution in [3.63, 3.8) is 0 Å². The minimum atomic E-state index is 0.0965. The van der Waals surface area contributed by atoms with Crippen LogP contribution in [0.3, 0.4) is 0 Å². The molecule has 0 unspecified atom stereocenters. The molecule has 0 radical (unpaired) electrons. The zero-order valence-electron chi connectivity index (χ0n) is 17.1. The number of fused-ring (bicyclic) bond motifs is 2. The first-order valence-electron chi connectivity index (χ1n) is 10.3. The predicted octanol–water partition coefficient (Wildman–Crippen LogP) is 4.31. The van der Waals surface area contributed by atoms with Gasteiger partial charge < -0.3 is 23.8 Å². The normalized spacial score (nSPS) is 13.3. The van der Waals surface area contributed by atoms with E-state index in [1.165, 1.54) is 0 Å². The van der Waals surface area contributed by atoms with Crippen LogP contribution in [-0.4, -0.2) is 24.4 Å². The average molecular weight is 417 g/mol. The molecule has 3 aromatic carbocycles. The number of carbonyl (C=O) groups excluding carboxylic acids is 1. The topological polar surface area (TPSA) is 57.2 Å². The van der Waals surface area contributed by atoms with Gasteiger partial charge in [-0.15, -0.1) is 0 Å². The van der Waals surface area contributed by atoms with Gasteiger partial charge in [0, 0.05) is 19.5 Å². The van der Waals surface area contributed by atoms with Gasteiger partial charge in [-0.2, -0.15) is 0 Å². The predicted molar refractivity (Wildman–Crippen MR) is 114 cm³/mol. The van der Waals surface area contributed by atoms with Gasteiger partial charge in [0.1, 0.15) is 0 Å². The summed E-state index contributed by atoms with van der Waals surface area (Å²) >= 11 is 0. The zero-order chi connectivity index (χ0) is 21.0. The largest absolute Gasteiger partial charge is 0.454 e. The fourth-order valence-electron chi connectivity index (χ4n) is 3.80. The number of nitrogens with zero attached hydrogens (tertiary/aromatic N) is 1. The highest BCUT2D eigenvalue weighted by Crippen LogP contribution is 2.34. The maximum Gasteiger partial charge on any atom is 0.231 e. The molecule has 2 heterocycles. The lowest BCUT2D eigenvalue weighted by Crippen LogP contribution is -2.30. The summed E-state index contributed by atoms with van der Waals surface area (Å²) in [5.41, 5.74) is 3.16. The van der Waals surface area contributed by atoms with Gasteiger partial charge in [0.15, 0.2) is 23.0 Å². The van der Waals surface area contributed by atoms with Crippen molar-refractivity contribution in [2.75, 3.05) is 13.6 Å². The molecular weight excluding hydrogens is 394 g/mol. The van der Waals surface area contributed by atoms with E-state index in [4.69, 9.17) is 18.9 Å². The quantitative estimate of drug-likeness (QED) is 0.574. The molecule has 0 saturated heterocycles. The highest BCUT2D eigenvalue weighted by Gasteiger charge is 2.19. The second kappa shape index (κ2) is 8.60. The fraction of sp³-hybridized carbons (Fsp3) is 0.240. The van der Waals surface area contributed by atoms with Crippen LogP contribution >= 0.6 is 0 Å². The van der Waals surface area contributed by atoms with Crippen molar-refractivity contribution < 1.29 is 23.7 Å². The van der Waals surface area contributed by atoms with Crippen molar-refractivity contribution in [1.82, 2.24) is 4.90 Å². The molecule has 158 valence electrons. The molecule has 1 amide bonds. The van der Waals surface area contributed by atoms with Gasteiger partial charge in [0.2, 0.25) is 19.5 Å². The lowest BCUT2D eigenvalue weighted by atomic mass is 10.1. The highest BCUT2D eigenvalue weighted by atomic mass is 16.7. The summed E-state index contributed by atoms with van der Waals surface area (Å²) in [5, 5.41) is 0. The number of benzene rings is 3. The van der Waals surface area contributed by atoms with Gasteiger partial charge >= 0.3 is 0 Å². The highest BCUT2D eigenvalue weighted by molar-refractivity contribution is 5.76. The van der Waals surface area contributed by atoms with Gasteiger partial charge in [-0.3, -0.25) is 4.79 Å². The van der Waals surface area contributed by atoms with Crippen molar-refractivity contribution in [3.05, 3.63) is 83.4 Å². The lowest BCUT2D eigenvalue weighted by molar-refractivity contribution is -0.132. The van der Waals surface area contributed by atoms with E-state index in [2.05, 4.69) is 0 Å². The molecule has 0 fully saturated rings. The van der Waals surface area contributed by atoms with Crippen LogP contribution in [0.1, 0.15) is 23.1 Å². The number of hydrogen-bond acceptors (Lipinski definition) is 5. The average Bonchev–Trinajstić information content (AvgIpc) is 3.46. The maximum absolute atomic E-state index is 13.2. The molecule has 0 bridgehead atoms. The smallest absolute Gasteiger partial charge is 0.231 e. The number of rotatable bonds is 7. The molecule has 0 aliphatic carbocycles. The van der Waals surface area contributed by atoms with Crippen LogP contribution in [0.25, 0.3) is 0 Å². The van der Waals surface area contributed by atoms with Crippen LogP contribution in [0.4, 0.5) is 0 Å². The standard InChI is InChI=1S/C25H23NO5/c27-25(11-8-18-6-9-21-23(12-18)30-16-28-21)26(14-19-4-2-1-3-5-19)15-20-7-10-22-24(13-20)31-17-29-22/h1-7,9-10,12-13H,8,11,14-17H2. The van der Waals surface area contributed by atoms with Gasteiger partial charge in [0.25, 0.3) is 0 Å². The van der Waals surface area contributed by atoms with E-state index in [1.54, 1.807) is 0 Å². The van der Waals surface area contributed by atoms with Crippen LogP contribution in [0.15, 0.2) is 66.7 Å². The number of ether oxygens (including phenoxy) is 4. The Morgan fingerprint density at radius 3 is 1.97 bits per heavy atom. The molecule has 0 saturated carbocycles. The van der Waals surface area contributed by atoms with Crippen LogP contribution < -0.4 is 18.9 Å². The van der Waals surface area contributed by atoms with Gasteiger partial charge in [-0.1, -0.05) is 42.5 Å². The summed E-state index contributed by atoms with van der Waals surface area (Å²) in [5.74, 6) is 3.06. The van der Waals surface area contributed by atoms with Crippen LogP contribution in [0.2, 0.25) is 0 Å². The first-order chi connectivity index (χ1) is 15.2. The van der Waals surface area contributed by atoms with E-state index in [0.29, 0.717) is 25.9 Å². The Bertz CT molecular complexity index is 1080. The Labute approximate surface area is 180 Å². The molecular formula is C25H23NO5. The van der Waals surface area contributed by atoms with Crippen LogP contribution in [0.5, 0.6) is 23.0 Å². The summed E-state index contributed by atoms with van der Waals surface area (Å²) in [7, 11) is 0. The molecule has 31 heavy (non-hydrogen) atoms. The van der Waals surface area contributed by atoms with Gasteiger partial charge in [0.05, 0.1) is 0 Å². The Morgan fingerprint density at radius 2 is 1.26 bits per heavy atom. The van der Waals surface area contributed by atoms with E-state index < -0.39 is 0 Å². The summed E-state index contributed by atoms with van der Waals surface area (Å²) in [6, 6.07) is 21.7. The molecule has 2 aliphatic heterocycles. The van der Waals surface area contributed by atoms with E-state index in [9.17, 15) is 4.79 Å². The molecule has 0 N–H and O–H groups in total. The minimum absolute atomic E-state index is 0.0965. The molecule has 0 atom stereocenters. The molecule has 2 aliphatic rings. The second-order valence-electron chi connectivity index (χ2n) is 7.61. The van der Waals surface area contributed by atoms with E-state index in [0.717, 1.165) is 39.7 Å². The molecule has 6 heteroatoms. The lowest BCUT2D eigenvalue weighted by Gasteiger charge is -2.23.